The second kappa shape index (κ2) is 8.46. The molecule has 0 saturated carbocycles. The minimum Gasteiger partial charge on any atom is -0.494 e. The van der Waals surface area contributed by atoms with Gasteiger partial charge in [0, 0.05) is 23.7 Å². The summed E-state index contributed by atoms with van der Waals surface area (Å²) in [4.78, 5) is 15.1. The predicted molar refractivity (Wildman–Crippen MR) is 114 cm³/mol. The van der Waals surface area contributed by atoms with Gasteiger partial charge in [0.25, 0.3) is 0 Å². The van der Waals surface area contributed by atoms with E-state index < -0.39 is 11.6 Å². The van der Waals surface area contributed by atoms with Gasteiger partial charge in [0.15, 0.2) is 29.0 Å². The number of nitrogens with one attached hydrogen (secondary N) is 1. The number of hydrogen-bond acceptors (Lipinski definition) is 8. The number of likely N-dealkylation sites (tertiary alicyclic amines) is 1. The summed E-state index contributed by atoms with van der Waals surface area (Å²) in [7, 11) is 4.67. The molecule has 1 aliphatic heterocycles. The molecule has 31 heavy (non-hydrogen) atoms. The van der Waals surface area contributed by atoms with Crippen LogP contribution in [0, 0.1) is 11.6 Å². The number of nitrogens with two attached hydrogens (primary N) is 1. The smallest absolute Gasteiger partial charge is 0.220 e. The summed E-state index contributed by atoms with van der Waals surface area (Å²) in [5.41, 5.74) is 6.00. The molecular weight excluding hydrogens is 406 g/mol. The summed E-state index contributed by atoms with van der Waals surface area (Å²) in [5, 5.41) is 3.94. The zero-order valence-corrected chi connectivity index (χ0v) is 17.6. The van der Waals surface area contributed by atoms with Crippen molar-refractivity contribution < 1.29 is 18.3 Å². The highest BCUT2D eigenvalue weighted by molar-refractivity contribution is 5.92. The molecule has 1 aliphatic rings. The number of pyridine rings is 1. The number of nitrogen functional groups attached to an aromatic ring is 1. The standard InChI is InChI=1S/C21H24F2N6O2/c1-29-6-4-12(5-7-29)26-20-19-11(10-25-21(24)28-19)8-13(27-20)16-17(22)14(30-2)9-15(31-3)18(16)23/h8-10,12H,4-7H2,1-3H3,(H,26,27)(H2,24,25,28). The third-order valence-electron chi connectivity index (χ3n) is 5.47. The molecule has 8 nitrogen and oxygen atoms in total. The molecule has 164 valence electrons. The maximum absolute atomic E-state index is 15.1. The Bertz CT molecular complexity index is 1090. The number of halogens is 2. The van der Waals surface area contributed by atoms with Crippen molar-refractivity contribution in [1.29, 1.82) is 0 Å². The molecule has 0 atom stereocenters. The summed E-state index contributed by atoms with van der Waals surface area (Å²) in [6.45, 7) is 1.87. The first-order valence-electron chi connectivity index (χ1n) is 9.90. The average molecular weight is 430 g/mol. The number of rotatable bonds is 5. The van der Waals surface area contributed by atoms with Crippen LogP contribution in [0.4, 0.5) is 20.5 Å². The first-order valence-corrected chi connectivity index (χ1v) is 9.90. The summed E-state index contributed by atoms with van der Waals surface area (Å²) in [6, 6.07) is 2.83. The number of hydrogen-bond donors (Lipinski definition) is 2. The molecule has 0 amide bonds. The molecule has 4 rings (SSSR count). The lowest BCUT2D eigenvalue weighted by atomic mass is 10.0. The number of fused-ring (bicyclic) bond motifs is 1. The minimum absolute atomic E-state index is 0.0727. The lowest BCUT2D eigenvalue weighted by molar-refractivity contribution is 0.264. The highest BCUT2D eigenvalue weighted by Crippen LogP contribution is 2.38. The number of anilines is 2. The van der Waals surface area contributed by atoms with E-state index in [1.807, 2.05) is 0 Å². The van der Waals surface area contributed by atoms with Crippen molar-refractivity contribution in [1.82, 2.24) is 19.9 Å². The number of nitrogens with zero attached hydrogens (tertiary/aromatic N) is 4. The first-order chi connectivity index (χ1) is 14.9. The topological polar surface area (TPSA) is 98.4 Å². The van der Waals surface area contributed by atoms with E-state index in [-0.39, 0.29) is 34.7 Å². The molecule has 0 aliphatic carbocycles. The SMILES string of the molecule is COc1cc(OC)c(F)c(-c2cc3cnc(N)nc3c(NC3CCN(C)CC3)n2)c1F. The molecule has 0 radical (unpaired) electrons. The lowest BCUT2D eigenvalue weighted by Gasteiger charge is -2.30. The zero-order chi connectivity index (χ0) is 22.1. The average Bonchev–Trinajstić information content (AvgIpc) is 2.76. The predicted octanol–water partition coefficient (Wildman–Crippen LogP) is 3.08. The Morgan fingerprint density at radius 1 is 1.06 bits per heavy atom. The van der Waals surface area contributed by atoms with E-state index in [9.17, 15) is 0 Å². The molecule has 2 aromatic heterocycles. The van der Waals surface area contributed by atoms with Crippen LogP contribution < -0.4 is 20.5 Å². The van der Waals surface area contributed by atoms with Crippen LogP contribution >= 0.6 is 0 Å². The van der Waals surface area contributed by atoms with Crippen molar-refractivity contribution >= 4 is 22.7 Å². The highest BCUT2D eigenvalue weighted by Gasteiger charge is 2.25. The molecule has 1 aromatic carbocycles. The third-order valence-corrected chi connectivity index (χ3v) is 5.47. The number of aromatic nitrogens is 3. The molecule has 0 spiro atoms. The molecule has 3 heterocycles. The maximum Gasteiger partial charge on any atom is 0.220 e. The van der Waals surface area contributed by atoms with Gasteiger partial charge in [0.2, 0.25) is 5.95 Å². The van der Waals surface area contributed by atoms with E-state index in [1.54, 1.807) is 0 Å². The van der Waals surface area contributed by atoms with Gasteiger partial charge in [-0.1, -0.05) is 0 Å². The Hall–Kier alpha value is -3.27. The van der Waals surface area contributed by atoms with Gasteiger partial charge in [-0.25, -0.2) is 23.7 Å². The van der Waals surface area contributed by atoms with E-state index in [0.717, 1.165) is 32.0 Å². The van der Waals surface area contributed by atoms with Gasteiger partial charge in [-0.2, -0.15) is 0 Å². The van der Waals surface area contributed by atoms with Gasteiger partial charge in [0.05, 0.1) is 25.5 Å². The largest absolute Gasteiger partial charge is 0.494 e. The summed E-state index contributed by atoms with van der Waals surface area (Å²) in [5.74, 6) is -1.53. The Kier molecular flexibility index (Phi) is 5.73. The Morgan fingerprint density at radius 2 is 1.71 bits per heavy atom. The van der Waals surface area contributed by atoms with Crippen LogP contribution in [0.15, 0.2) is 18.3 Å². The number of piperidine rings is 1. The van der Waals surface area contributed by atoms with Crippen LogP contribution in [0.3, 0.4) is 0 Å². The summed E-state index contributed by atoms with van der Waals surface area (Å²) in [6.07, 6.45) is 3.32. The normalized spacial score (nSPS) is 15.3. The molecule has 10 heteroatoms. The number of methoxy groups -OCH3 is 2. The highest BCUT2D eigenvalue weighted by atomic mass is 19.1. The van der Waals surface area contributed by atoms with Gasteiger partial charge >= 0.3 is 0 Å². The maximum atomic E-state index is 15.1. The number of benzene rings is 1. The van der Waals surface area contributed by atoms with Crippen molar-refractivity contribution in [3.8, 4) is 22.8 Å². The van der Waals surface area contributed by atoms with Crippen molar-refractivity contribution in [2.45, 2.75) is 18.9 Å². The second-order valence-corrected chi connectivity index (χ2v) is 7.53. The van der Waals surface area contributed by atoms with Crippen LogP contribution in [-0.2, 0) is 0 Å². The van der Waals surface area contributed by atoms with E-state index >= 15 is 8.78 Å². The van der Waals surface area contributed by atoms with Crippen LogP contribution in [0.2, 0.25) is 0 Å². The Balaban J connectivity index is 1.87. The molecule has 3 N–H and O–H groups in total. The summed E-state index contributed by atoms with van der Waals surface area (Å²) < 4.78 is 40.3. The molecule has 1 fully saturated rings. The minimum atomic E-state index is -0.866. The van der Waals surface area contributed by atoms with Gasteiger partial charge in [-0.3, -0.25) is 0 Å². The monoisotopic (exact) mass is 430 g/mol. The van der Waals surface area contributed by atoms with E-state index in [0.29, 0.717) is 16.7 Å². The van der Waals surface area contributed by atoms with Gasteiger partial charge < -0.3 is 25.4 Å². The van der Waals surface area contributed by atoms with Gasteiger partial charge in [-0.15, -0.1) is 0 Å². The van der Waals surface area contributed by atoms with Crippen LogP contribution in [-0.4, -0.2) is 60.3 Å². The number of ether oxygens (including phenoxy) is 2. The zero-order valence-electron chi connectivity index (χ0n) is 17.6. The Labute approximate surface area is 178 Å². The van der Waals surface area contributed by atoms with Crippen molar-refractivity contribution in [3.63, 3.8) is 0 Å². The molecule has 3 aromatic rings. The fourth-order valence-electron chi connectivity index (χ4n) is 3.74. The molecule has 1 saturated heterocycles. The first kappa shape index (κ1) is 21.0. The lowest BCUT2D eigenvalue weighted by Crippen LogP contribution is -2.37. The van der Waals surface area contributed by atoms with E-state index in [1.165, 1.54) is 26.5 Å². The van der Waals surface area contributed by atoms with Gasteiger partial charge in [-0.05, 0) is 39.0 Å². The van der Waals surface area contributed by atoms with E-state index in [4.69, 9.17) is 15.2 Å². The second-order valence-electron chi connectivity index (χ2n) is 7.53. The van der Waals surface area contributed by atoms with Crippen molar-refractivity contribution in [2.75, 3.05) is 45.4 Å². The quantitative estimate of drug-likeness (QED) is 0.637. The van der Waals surface area contributed by atoms with Crippen LogP contribution in [0.25, 0.3) is 22.2 Å². The van der Waals surface area contributed by atoms with Crippen LogP contribution in [0.1, 0.15) is 12.8 Å². The Morgan fingerprint density at radius 3 is 2.32 bits per heavy atom. The van der Waals surface area contributed by atoms with Crippen molar-refractivity contribution in [3.05, 3.63) is 30.0 Å². The van der Waals surface area contributed by atoms with Crippen LogP contribution in [0.5, 0.6) is 11.5 Å². The fraction of sp³-hybridized carbons (Fsp3) is 0.381. The van der Waals surface area contributed by atoms with E-state index in [2.05, 4.69) is 32.2 Å². The molecular formula is C21H24F2N6O2. The fourth-order valence-corrected chi connectivity index (χ4v) is 3.74. The van der Waals surface area contributed by atoms with Gasteiger partial charge in [0.1, 0.15) is 5.52 Å². The molecule has 0 bridgehead atoms. The summed E-state index contributed by atoms with van der Waals surface area (Å²) >= 11 is 0. The third kappa shape index (κ3) is 4.02. The van der Waals surface area contributed by atoms with Crippen molar-refractivity contribution in [2.24, 2.45) is 0 Å². The molecule has 0 unspecified atom stereocenters.